The quantitative estimate of drug-likeness (QED) is 0.576. The molecule has 1 aliphatic heterocycles. The highest BCUT2D eigenvalue weighted by atomic mass is 32.2. The van der Waals surface area contributed by atoms with E-state index < -0.39 is 0 Å². The Hall–Kier alpha value is -1.27. The van der Waals surface area contributed by atoms with E-state index in [2.05, 4.69) is 15.7 Å². The van der Waals surface area contributed by atoms with E-state index >= 15 is 0 Å². The van der Waals surface area contributed by atoms with Gasteiger partial charge in [0.2, 0.25) is 0 Å². The molecule has 1 aromatic heterocycles. The number of pyridine rings is 1. The fraction of sp³-hybridized carbons (Fsp3) is 0.538. The van der Waals surface area contributed by atoms with Gasteiger partial charge in [0.1, 0.15) is 5.82 Å². The second-order valence-corrected chi connectivity index (χ2v) is 6.02. The van der Waals surface area contributed by atoms with E-state index in [0.29, 0.717) is 17.3 Å². The first-order valence-electron chi connectivity index (χ1n) is 6.50. The maximum atomic E-state index is 12.1. The van der Waals surface area contributed by atoms with Crippen LogP contribution in [0.1, 0.15) is 28.9 Å². The summed E-state index contributed by atoms with van der Waals surface area (Å²) in [7, 11) is 0. The van der Waals surface area contributed by atoms with E-state index in [1.807, 2.05) is 18.7 Å². The largest absolute Gasteiger partial charge is 0.352 e. The molecule has 104 valence electrons. The molecular weight excluding hydrogens is 260 g/mol. The third-order valence-corrected chi connectivity index (χ3v) is 4.30. The number of rotatable bonds is 4. The Morgan fingerprint density at radius 2 is 2.21 bits per heavy atom. The Kier molecular flexibility index (Phi) is 5.04. The van der Waals surface area contributed by atoms with Crippen LogP contribution in [0.2, 0.25) is 0 Å². The summed E-state index contributed by atoms with van der Waals surface area (Å²) < 4.78 is 0. The van der Waals surface area contributed by atoms with Gasteiger partial charge in [0, 0.05) is 17.8 Å². The molecule has 0 bridgehead atoms. The fourth-order valence-corrected chi connectivity index (χ4v) is 3.37. The number of amides is 1. The zero-order valence-electron chi connectivity index (χ0n) is 11.1. The van der Waals surface area contributed by atoms with Gasteiger partial charge in [-0.25, -0.2) is 10.8 Å². The fourth-order valence-electron chi connectivity index (χ4n) is 2.16. The van der Waals surface area contributed by atoms with Crippen LogP contribution in [0.15, 0.2) is 12.1 Å². The van der Waals surface area contributed by atoms with Crippen LogP contribution in [0.3, 0.4) is 0 Å². The molecule has 6 heteroatoms. The van der Waals surface area contributed by atoms with Crippen molar-refractivity contribution >= 4 is 23.5 Å². The van der Waals surface area contributed by atoms with Gasteiger partial charge in [0.15, 0.2) is 0 Å². The summed E-state index contributed by atoms with van der Waals surface area (Å²) in [5.74, 6) is 8.81. The molecule has 4 N–H and O–H groups in total. The number of aromatic nitrogens is 1. The minimum absolute atomic E-state index is 0.0553. The summed E-state index contributed by atoms with van der Waals surface area (Å²) in [6.45, 7) is 2.60. The molecule has 5 nitrogen and oxygen atoms in total. The Morgan fingerprint density at radius 3 is 2.89 bits per heavy atom. The Morgan fingerprint density at radius 1 is 1.47 bits per heavy atom. The van der Waals surface area contributed by atoms with Crippen LogP contribution in [-0.4, -0.2) is 28.9 Å². The van der Waals surface area contributed by atoms with Crippen LogP contribution in [0, 0.1) is 12.8 Å². The number of hydrogen-bond acceptors (Lipinski definition) is 5. The maximum absolute atomic E-state index is 12.1. The van der Waals surface area contributed by atoms with Crippen molar-refractivity contribution in [1.82, 2.24) is 10.3 Å². The number of hydrazine groups is 1. The van der Waals surface area contributed by atoms with Crippen molar-refractivity contribution in [2.75, 3.05) is 23.5 Å². The maximum Gasteiger partial charge on any atom is 0.251 e. The summed E-state index contributed by atoms with van der Waals surface area (Å²) in [5.41, 5.74) is 3.85. The number of thioether (sulfide) groups is 1. The summed E-state index contributed by atoms with van der Waals surface area (Å²) in [5, 5.41) is 3.00. The van der Waals surface area contributed by atoms with Gasteiger partial charge >= 0.3 is 0 Å². The number of aryl methyl sites for hydroxylation is 1. The number of anilines is 1. The lowest BCUT2D eigenvalue weighted by Crippen LogP contribution is -2.31. The third kappa shape index (κ3) is 4.11. The van der Waals surface area contributed by atoms with Crippen LogP contribution in [0.4, 0.5) is 5.82 Å². The van der Waals surface area contributed by atoms with E-state index in [9.17, 15) is 4.79 Å². The minimum atomic E-state index is -0.0553. The van der Waals surface area contributed by atoms with E-state index in [-0.39, 0.29) is 5.91 Å². The van der Waals surface area contributed by atoms with Crippen molar-refractivity contribution < 1.29 is 4.79 Å². The summed E-state index contributed by atoms with van der Waals surface area (Å²) in [6.07, 6.45) is 2.38. The van der Waals surface area contributed by atoms with Gasteiger partial charge < -0.3 is 10.7 Å². The molecule has 0 radical (unpaired) electrons. The average molecular weight is 280 g/mol. The van der Waals surface area contributed by atoms with E-state index in [0.717, 1.165) is 12.2 Å². The topological polar surface area (TPSA) is 80.0 Å². The lowest BCUT2D eigenvalue weighted by molar-refractivity contribution is 0.0946. The molecule has 1 aromatic rings. The number of nitrogens with zero attached hydrogens (tertiary/aromatic N) is 1. The van der Waals surface area contributed by atoms with E-state index in [1.54, 1.807) is 12.1 Å². The van der Waals surface area contributed by atoms with E-state index in [4.69, 9.17) is 5.84 Å². The highest BCUT2D eigenvalue weighted by Gasteiger charge is 2.15. The molecule has 0 aromatic carbocycles. The minimum Gasteiger partial charge on any atom is -0.352 e. The number of nitrogens with two attached hydrogens (primary N) is 1. The van der Waals surface area contributed by atoms with Gasteiger partial charge in [0.05, 0.1) is 0 Å². The molecule has 0 unspecified atom stereocenters. The number of nitrogens with one attached hydrogen (secondary N) is 2. The normalized spacial score (nSPS) is 16.1. The second-order valence-electron chi connectivity index (χ2n) is 4.79. The molecule has 0 aliphatic carbocycles. The van der Waals surface area contributed by atoms with Gasteiger partial charge in [-0.15, -0.1) is 0 Å². The second kappa shape index (κ2) is 6.77. The molecule has 1 amide bonds. The van der Waals surface area contributed by atoms with Crippen molar-refractivity contribution in [3.8, 4) is 0 Å². The zero-order valence-corrected chi connectivity index (χ0v) is 11.9. The standard InChI is InChI=1S/C13H20N4OS/c1-9-6-11(7-12(16-9)17-14)13(18)15-8-10-2-4-19-5-3-10/h6-7,10H,2-5,8,14H2,1H3,(H,15,18)(H,16,17). The van der Waals surface area contributed by atoms with Crippen molar-refractivity contribution in [3.63, 3.8) is 0 Å². The van der Waals surface area contributed by atoms with Crippen LogP contribution in [0.25, 0.3) is 0 Å². The molecular formula is C13H20N4OS. The summed E-state index contributed by atoms with van der Waals surface area (Å²) in [4.78, 5) is 16.3. The molecule has 0 atom stereocenters. The first-order chi connectivity index (χ1) is 9.19. The van der Waals surface area contributed by atoms with Crippen LogP contribution in [-0.2, 0) is 0 Å². The molecule has 0 saturated carbocycles. The van der Waals surface area contributed by atoms with Crippen LogP contribution >= 0.6 is 11.8 Å². The van der Waals surface area contributed by atoms with Crippen LogP contribution < -0.4 is 16.6 Å². The van der Waals surface area contributed by atoms with Gasteiger partial charge in [-0.05, 0) is 49.3 Å². The molecule has 1 saturated heterocycles. The highest BCUT2D eigenvalue weighted by molar-refractivity contribution is 7.99. The first-order valence-corrected chi connectivity index (χ1v) is 7.66. The monoisotopic (exact) mass is 280 g/mol. The van der Waals surface area contributed by atoms with Crippen molar-refractivity contribution in [3.05, 3.63) is 23.4 Å². The molecule has 19 heavy (non-hydrogen) atoms. The van der Waals surface area contributed by atoms with E-state index in [1.165, 1.54) is 24.3 Å². The van der Waals surface area contributed by atoms with Gasteiger partial charge in [-0.1, -0.05) is 0 Å². The Labute approximate surface area is 117 Å². The predicted octanol–water partition coefficient (Wildman–Crippen LogP) is 1.55. The average Bonchev–Trinajstić information content (AvgIpc) is 2.45. The summed E-state index contributed by atoms with van der Waals surface area (Å²) in [6, 6.07) is 3.44. The van der Waals surface area contributed by atoms with Crippen molar-refractivity contribution in [2.45, 2.75) is 19.8 Å². The van der Waals surface area contributed by atoms with Crippen LogP contribution in [0.5, 0.6) is 0 Å². The van der Waals surface area contributed by atoms with Gasteiger partial charge in [0.25, 0.3) is 5.91 Å². The van der Waals surface area contributed by atoms with Gasteiger partial charge in [-0.3, -0.25) is 4.79 Å². The molecule has 1 fully saturated rings. The van der Waals surface area contributed by atoms with Crippen molar-refractivity contribution in [1.29, 1.82) is 0 Å². The number of nitrogen functional groups attached to an aromatic ring is 1. The molecule has 0 spiro atoms. The summed E-state index contributed by atoms with van der Waals surface area (Å²) >= 11 is 1.99. The SMILES string of the molecule is Cc1cc(C(=O)NCC2CCSCC2)cc(NN)n1. The predicted molar refractivity (Wildman–Crippen MR) is 79.2 cm³/mol. The Balaban J connectivity index is 1.93. The number of carbonyl (C=O) groups excluding carboxylic acids is 1. The third-order valence-electron chi connectivity index (χ3n) is 3.26. The molecule has 2 heterocycles. The first kappa shape index (κ1) is 14.1. The van der Waals surface area contributed by atoms with Crippen molar-refractivity contribution in [2.24, 2.45) is 11.8 Å². The van der Waals surface area contributed by atoms with Gasteiger partial charge in [-0.2, -0.15) is 11.8 Å². The molecule has 2 rings (SSSR count). The highest BCUT2D eigenvalue weighted by Crippen LogP contribution is 2.22. The smallest absolute Gasteiger partial charge is 0.251 e. The number of hydrogen-bond donors (Lipinski definition) is 3. The lowest BCUT2D eigenvalue weighted by atomic mass is 10.0. The Bertz CT molecular complexity index is 446. The number of carbonyl (C=O) groups is 1. The molecule has 1 aliphatic rings. The zero-order chi connectivity index (χ0) is 13.7. The lowest BCUT2D eigenvalue weighted by Gasteiger charge is -2.21.